The Morgan fingerprint density at radius 2 is 1.52 bits per heavy atom. The van der Waals surface area contributed by atoms with Crippen molar-refractivity contribution >= 4 is 17.8 Å². The molecule has 0 aromatic heterocycles. The summed E-state index contributed by atoms with van der Waals surface area (Å²) in [5, 5.41) is 0. The molecule has 0 saturated heterocycles. The van der Waals surface area contributed by atoms with Gasteiger partial charge in [0, 0.05) is 19.9 Å². The van der Waals surface area contributed by atoms with E-state index >= 15 is 0 Å². The largest absolute Gasteiger partial charge is 0.461 e. The van der Waals surface area contributed by atoms with Gasteiger partial charge in [-0.15, -0.1) is 0 Å². The highest BCUT2D eigenvalue weighted by molar-refractivity contribution is 5.88. The van der Waals surface area contributed by atoms with Crippen molar-refractivity contribution in [1.82, 2.24) is 4.90 Å². The second-order valence-corrected chi connectivity index (χ2v) is 9.10. The Kier molecular flexibility index (Phi) is 11.3. The molecule has 0 N–H and O–H groups in total. The van der Waals surface area contributed by atoms with E-state index in [1.807, 2.05) is 65.0 Å². The summed E-state index contributed by atoms with van der Waals surface area (Å²) in [6, 6.07) is 9.07. The van der Waals surface area contributed by atoms with Crippen molar-refractivity contribution in [2.24, 2.45) is 11.8 Å². The molecule has 0 spiro atoms. The van der Waals surface area contributed by atoms with Crippen LogP contribution in [0.15, 0.2) is 30.3 Å². The highest BCUT2D eigenvalue weighted by atomic mass is 16.6. The predicted molar refractivity (Wildman–Crippen MR) is 121 cm³/mol. The third-order valence-electron chi connectivity index (χ3n) is 5.05. The summed E-state index contributed by atoms with van der Waals surface area (Å²) in [6.07, 6.45) is 0.772. The molecule has 1 aromatic rings. The zero-order valence-electron chi connectivity index (χ0n) is 20.1. The lowest BCUT2D eigenvalue weighted by atomic mass is 10.0. The SMILES string of the molecule is CC(C)CCC(=O)OC(C)C(=O)N(C)C(CC(C)C)C(=O)OC(C)Cc1ccccc1. The Labute approximate surface area is 187 Å². The molecule has 0 aliphatic heterocycles. The summed E-state index contributed by atoms with van der Waals surface area (Å²) in [5.74, 6) is -0.685. The molecule has 1 aromatic carbocycles. The first-order valence-corrected chi connectivity index (χ1v) is 11.2. The number of benzene rings is 1. The standard InChI is InChI=1S/C25H39NO5/c1-17(2)13-14-23(27)31-20(6)24(28)26(7)22(15-18(3)4)25(29)30-19(5)16-21-11-9-8-10-12-21/h8-12,17-20,22H,13-16H2,1-7H3. The van der Waals surface area contributed by atoms with Gasteiger partial charge in [-0.1, -0.05) is 58.0 Å². The lowest BCUT2D eigenvalue weighted by molar-refractivity contribution is -0.165. The molecule has 0 radical (unpaired) electrons. The van der Waals surface area contributed by atoms with Gasteiger partial charge in [0.15, 0.2) is 6.10 Å². The second-order valence-electron chi connectivity index (χ2n) is 9.10. The van der Waals surface area contributed by atoms with Crippen LogP contribution < -0.4 is 0 Å². The molecule has 3 unspecified atom stereocenters. The first-order valence-electron chi connectivity index (χ1n) is 11.2. The van der Waals surface area contributed by atoms with Crippen LogP contribution in [-0.2, 0) is 30.3 Å². The van der Waals surface area contributed by atoms with E-state index in [9.17, 15) is 14.4 Å². The van der Waals surface area contributed by atoms with Crippen LogP contribution in [0.2, 0.25) is 0 Å². The number of hydrogen-bond acceptors (Lipinski definition) is 5. The fraction of sp³-hybridized carbons (Fsp3) is 0.640. The maximum absolute atomic E-state index is 12.9. The maximum atomic E-state index is 12.9. The molecule has 6 nitrogen and oxygen atoms in total. The van der Waals surface area contributed by atoms with Gasteiger partial charge in [-0.05, 0) is 44.1 Å². The van der Waals surface area contributed by atoms with Gasteiger partial charge in [-0.2, -0.15) is 0 Å². The van der Waals surface area contributed by atoms with Crippen molar-refractivity contribution in [2.45, 2.75) is 85.5 Å². The van der Waals surface area contributed by atoms with Gasteiger partial charge < -0.3 is 14.4 Å². The predicted octanol–water partition coefficient (Wildman–Crippen LogP) is 4.40. The molecule has 3 atom stereocenters. The molecule has 0 heterocycles. The molecule has 1 amide bonds. The molecule has 31 heavy (non-hydrogen) atoms. The molecule has 0 aliphatic rings. The first-order chi connectivity index (χ1) is 14.5. The van der Waals surface area contributed by atoms with Crippen LogP contribution in [0.1, 0.15) is 66.4 Å². The molecular formula is C25H39NO5. The first kappa shape index (κ1) is 26.7. The van der Waals surface area contributed by atoms with Gasteiger partial charge in [-0.3, -0.25) is 9.59 Å². The lowest BCUT2D eigenvalue weighted by Crippen LogP contribution is -2.48. The third-order valence-corrected chi connectivity index (χ3v) is 5.05. The lowest BCUT2D eigenvalue weighted by Gasteiger charge is -2.30. The number of hydrogen-bond donors (Lipinski definition) is 0. The van der Waals surface area contributed by atoms with E-state index in [-0.39, 0.29) is 18.4 Å². The van der Waals surface area contributed by atoms with Crippen LogP contribution in [0.5, 0.6) is 0 Å². The molecule has 1 rings (SSSR count). The normalized spacial score (nSPS) is 14.1. The van der Waals surface area contributed by atoms with Crippen molar-refractivity contribution in [3.05, 3.63) is 35.9 Å². The fourth-order valence-corrected chi connectivity index (χ4v) is 3.28. The van der Waals surface area contributed by atoms with E-state index < -0.39 is 30.0 Å². The number of nitrogens with zero attached hydrogens (tertiary/aromatic N) is 1. The van der Waals surface area contributed by atoms with Crippen molar-refractivity contribution in [1.29, 1.82) is 0 Å². The quantitative estimate of drug-likeness (QED) is 0.457. The monoisotopic (exact) mass is 433 g/mol. The van der Waals surface area contributed by atoms with E-state index in [4.69, 9.17) is 9.47 Å². The third kappa shape index (κ3) is 9.99. The van der Waals surface area contributed by atoms with Gasteiger partial charge in [0.25, 0.3) is 5.91 Å². The maximum Gasteiger partial charge on any atom is 0.329 e. The average Bonchev–Trinajstić information content (AvgIpc) is 2.69. The van der Waals surface area contributed by atoms with Crippen molar-refractivity contribution in [2.75, 3.05) is 7.05 Å². The van der Waals surface area contributed by atoms with Crippen LogP contribution >= 0.6 is 0 Å². The molecule has 0 fully saturated rings. The molecule has 174 valence electrons. The Morgan fingerprint density at radius 3 is 2.06 bits per heavy atom. The van der Waals surface area contributed by atoms with Gasteiger partial charge >= 0.3 is 11.9 Å². The number of carbonyl (C=O) groups is 3. The highest BCUT2D eigenvalue weighted by Gasteiger charge is 2.33. The minimum absolute atomic E-state index is 0.182. The van der Waals surface area contributed by atoms with E-state index in [1.54, 1.807) is 14.0 Å². The Bertz CT molecular complexity index is 701. The molecule has 0 aliphatic carbocycles. The van der Waals surface area contributed by atoms with Crippen LogP contribution in [0.3, 0.4) is 0 Å². The summed E-state index contributed by atoms with van der Waals surface area (Å²) in [5.41, 5.74) is 1.08. The van der Waals surface area contributed by atoms with E-state index in [1.165, 1.54) is 4.90 Å². The summed E-state index contributed by atoms with van der Waals surface area (Å²) >= 11 is 0. The smallest absolute Gasteiger partial charge is 0.329 e. The summed E-state index contributed by atoms with van der Waals surface area (Å²) < 4.78 is 11.0. The zero-order chi connectivity index (χ0) is 23.6. The second kappa shape index (κ2) is 13.1. The molecular weight excluding hydrogens is 394 g/mol. The fourth-order valence-electron chi connectivity index (χ4n) is 3.28. The zero-order valence-corrected chi connectivity index (χ0v) is 20.1. The molecule has 6 heteroatoms. The number of esters is 2. The molecule has 0 bridgehead atoms. The van der Waals surface area contributed by atoms with Crippen LogP contribution in [0, 0.1) is 11.8 Å². The number of rotatable bonds is 12. The summed E-state index contributed by atoms with van der Waals surface area (Å²) in [7, 11) is 1.57. The average molecular weight is 434 g/mol. The minimum Gasteiger partial charge on any atom is -0.461 e. The Morgan fingerprint density at radius 1 is 0.903 bits per heavy atom. The van der Waals surface area contributed by atoms with E-state index in [0.29, 0.717) is 25.2 Å². The molecule has 0 saturated carbocycles. The van der Waals surface area contributed by atoms with E-state index in [0.717, 1.165) is 5.56 Å². The number of amides is 1. The van der Waals surface area contributed by atoms with E-state index in [2.05, 4.69) is 0 Å². The topological polar surface area (TPSA) is 72.9 Å². The number of likely N-dealkylation sites (N-methyl/N-ethyl adjacent to an activating group) is 1. The number of carbonyl (C=O) groups excluding carboxylic acids is 3. The van der Waals surface area contributed by atoms with Crippen molar-refractivity contribution < 1.29 is 23.9 Å². The summed E-state index contributed by atoms with van der Waals surface area (Å²) in [6.45, 7) is 11.4. The van der Waals surface area contributed by atoms with Crippen molar-refractivity contribution in [3.63, 3.8) is 0 Å². The van der Waals surface area contributed by atoms with Crippen LogP contribution in [0.25, 0.3) is 0 Å². The van der Waals surface area contributed by atoms with Gasteiger partial charge in [0.1, 0.15) is 12.1 Å². The highest BCUT2D eigenvalue weighted by Crippen LogP contribution is 2.17. The van der Waals surface area contributed by atoms with Crippen LogP contribution in [0.4, 0.5) is 0 Å². The summed E-state index contributed by atoms with van der Waals surface area (Å²) in [4.78, 5) is 39.1. The van der Waals surface area contributed by atoms with Crippen molar-refractivity contribution in [3.8, 4) is 0 Å². The Hall–Kier alpha value is -2.37. The number of ether oxygens (including phenoxy) is 2. The van der Waals surface area contributed by atoms with Gasteiger partial charge in [-0.25, -0.2) is 4.79 Å². The Balaban J connectivity index is 2.75. The van der Waals surface area contributed by atoms with Gasteiger partial charge in [0.05, 0.1) is 0 Å². The minimum atomic E-state index is -0.950. The van der Waals surface area contributed by atoms with Crippen LogP contribution in [-0.4, -0.2) is 48.0 Å². The van der Waals surface area contributed by atoms with Gasteiger partial charge in [0.2, 0.25) is 0 Å².